The molecule has 0 heterocycles. The lowest BCUT2D eigenvalue weighted by molar-refractivity contribution is -0.137. The van der Waals surface area contributed by atoms with E-state index in [2.05, 4.69) is 5.32 Å². The Morgan fingerprint density at radius 2 is 1.77 bits per heavy atom. The number of ketones is 1. The molecule has 0 fully saturated rings. The highest BCUT2D eigenvalue weighted by molar-refractivity contribution is 5.99. The molecule has 2 N–H and O–H groups in total. The minimum absolute atomic E-state index is 0.0905. The molecular formula is C18H19NO3. The van der Waals surface area contributed by atoms with Crippen molar-refractivity contribution in [3.05, 3.63) is 65.2 Å². The van der Waals surface area contributed by atoms with Crippen LogP contribution in [-0.4, -0.2) is 22.9 Å². The lowest BCUT2D eigenvalue weighted by atomic mass is 10.0. The summed E-state index contributed by atoms with van der Waals surface area (Å²) in [4.78, 5) is 23.7. The average Bonchev–Trinajstić information content (AvgIpc) is 2.50. The predicted molar refractivity (Wildman–Crippen MR) is 86.4 cm³/mol. The second-order valence-electron chi connectivity index (χ2n) is 5.35. The number of Topliss-reactive ketones (excluding diaryl/α,β-unsaturated/α-hetero) is 1. The molecule has 114 valence electrons. The standard InChI is InChI=1S/C18H19NO3/c1-12-8-9-13(2)15(10-12)19-16(18(21)22)11-17(20)14-6-4-3-5-7-14/h3-10,16,19H,11H2,1-2H3,(H,21,22)/t16-/m1/s1. The summed E-state index contributed by atoms with van der Waals surface area (Å²) >= 11 is 0. The number of aliphatic carboxylic acids is 1. The van der Waals surface area contributed by atoms with E-state index in [0.29, 0.717) is 5.56 Å². The molecule has 0 saturated carbocycles. The number of nitrogens with one attached hydrogen (secondary N) is 1. The molecule has 0 aliphatic heterocycles. The summed E-state index contributed by atoms with van der Waals surface area (Å²) in [5.41, 5.74) is 3.25. The molecule has 0 aliphatic rings. The third-order valence-electron chi connectivity index (χ3n) is 3.51. The quantitative estimate of drug-likeness (QED) is 0.802. The maximum atomic E-state index is 12.2. The summed E-state index contributed by atoms with van der Waals surface area (Å²) in [6.07, 6.45) is -0.0905. The van der Waals surface area contributed by atoms with Crippen molar-refractivity contribution in [2.75, 3.05) is 5.32 Å². The largest absolute Gasteiger partial charge is 0.480 e. The second kappa shape index (κ2) is 6.89. The first kappa shape index (κ1) is 15.8. The third kappa shape index (κ3) is 3.95. The van der Waals surface area contributed by atoms with Gasteiger partial charge in [0.05, 0.1) is 0 Å². The molecule has 2 aromatic rings. The molecule has 22 heavy (non-hydrogen) atoms. The summed E-state index contributed by atoms with van der Waals surface area (Å²) in [5.74, 6) is -1.23. The number of carboxylic acid groups (broad SMARTS) is 1. The van der Waals surface area contributed by atoms with Crippen LogP contribution in [0.15, 0.2) is 48.5 Å². The monoisotopic (exact) mass is 297 g/mol. The topological polar surface area (TPSA) is 66.4 Å². The molecule has 2 rings (SSSR count). The molecule has 4 nitrogen and oxygen atoms in total. The molecule has 0 unspecified atom stereocenters. The summed E-state index contributed by atoms with van der Waals surface area (Å²) in [5, 5.41) is 12.3. The predicted octanol–water partition coefficient (Wildman–Crippen LogP) is 3.44. The minimum atomic E-state index is -1.04. The molecule has 0 spiro atoms. The van der Waals surface area contributed by atoms with Crippen LogP contribution in [0, 0.1) is 13.8 Å². The SMILES string of the molecule is Cc1ccc(C)c(N[C@H](CC(=O)c2ccccc2)C(=O)O)c1. The van der Waals surface area contributed by atoms with Crippen molar-refractivity contribution in [2.24, 2.45) is 0 Å². The van der Waals surface area contributed by atoms with E-state index in [9.17, 15) is 14.7 Å². The molecule has 0 radical (unpaired) electrons. The number of carbonyl (C=O) groups excluding carboxylic acids is 1. The van der Waals surface area contributed by atoms with Crippen LogP contribution in [0.5, 0.6) is 0 Å². The highest BCUT2D eigenvalue weighted by atomic mass is 16.4. The van der Waals surface area contributed by atoms with E-state index in [1.54, 1.807) is 24.3 Å². The van der Waals surface area contributed by atoms with Gasteiger partial charge in [-0.25, -0.2) is 4.79 Å². The van der Waals surface area contributed by atoms with Gasteiger partial charge in [-0.3, -0.25) is 4.79 Å². The number of carboxylic acids is 1. The van der Waals surface area contributed by atoms with E-state index in [1.807, 2.05) is 38.1 Å². The van der Waals surface area contributed by atoms with Crippen molar-refractivity contribution in [2.45, 2.75) is 26.3 Å². The molecule has 0 bridgehead atoms. The molecule has 4 heteroatoms. The zero-order valence-electron chi connectivity index (χ0n) is 12.7. The van der Waals surface area contributed by atoms with Gasteiger partial charge in [-0.05, 0) is 31.0 Å². The summed E-state index contributed by atoms with van der Waals surface area (Å²) < 4.78 is 0. The number of aryl methyl sites for hydroxylation is 2. The average molecular weight is 297 g/mol. The number of benzene rings is 2. The van der Waals surface area contributed by atoms with Gasteiger partial charge in [0.1, 0.15) is 6.04 Å². The van der Waals surface area contributed by atoms with Crippen LogP contribution in [0.2, 0.25) is 0 Å². The smallest absolute Gasteiger partial charge is 0.326 e. The Morgan fingerprint density at radius 1 is 1.09 bits per heavy atom. The van der Waals surface area contributed by atoms with Gasteiger partial charge in [-0.15, -0.1) is 0 Å². The number of anilines is 1. The number of hydrogen-bond acceptors (Lipinski definition) is 3. The molecule has 0 aromatic heterocycles. The fraction of sp³-hybridized carbons (Fsp3) is 0.222. The molecule has 0 aliphatic carbocycles. The second-order valence-corrected chi connectivity index (χ2v) is 5.35. The normalized spacial score (nSPS) is 11.7. The summed E-state index contributed by atoms with van der Waals surface area (Å²) in [7, 11) is 0. The zero-order valence-corrected chi connectivity index (χ0v) is 12.7. The molecule has 1 atom stereocenters. The van der Waals surface area contributed by atoms with E-state index in [0.717, 1.165) is 16.8 Å². The van der Waals surface area contributed by atoms with Crippen LogP contribution >= 0.6 is 0 Å². The molecule has 0 amide bonds. The maximum Gasteiger partial charge on any atom is 0.326 e. The van der Waals surface area contributed by atoms with E-state index in [4.69, 9.17) is 0 Å². The molecular weight excluding hydrogens is 278 g/mol. The van der Waals surface area contributed by atoms with Gasteiger partial charge in [0.25, 0.3) is 0 Å². The van der Waals surface area contributed by atoms with Crippen molar-refractivity contribution in [3.8, 4) is 0 Å². The number of hydrogen-bond donors (Lipinski definition) is 2. The Kier molecular flexibility index (Phi) is 4.94. The third-order valence-corrected chi connectivity index (χ3v) is 3.51. The highest BCUT2D eigenvalue weighted by Crippen LogP contribution is 2.19. The number of carbonyl (C=O) groups is 2. The minimum Gasteiger partial charge on any atom is -0.480 e. The Morgan fingerprint density at radius 3 is 2.41 bits per heavy atom. The van der Waals surface area contributed by atoms with Gasteiger partial charge < -0.3 is 10.4 Å². The van der Waals surface area contributed by atoms with Crippen molar-refractivity contribution >= 4 is 17.4 Å². The maximum absolute atomic E-state index is 12.2. The lowest BCUT2D eigenvalue weighted by Crippen LogP contribution is -2.32. The van der Waals surface area contributed by atoms with Crippen LogP contribution in [0.3, 0.4) is 0 Å². The first-order valence-electron chi connectivity index (χ1n) is 7.12. The summed E-state index contributed by atoms with van der Waals surface area (Å²) in [6, 6.07) is 13.6. The van der Waals surface area contributed by atoms with E-state index in [1.165, 1.54) is 0 Å². The van der Waals surface area contributed by atoms with Crippen LogP contribution in [0.4, 0.5) is 5.69 Å². The van der Waals surface area contributed by atoms with Crippen molar-refractivity contribution in [1.82, 2.24) is 0 Å². The van der Waals surface area contributed by atoms with E-state index >= 15 is 0 Å². The summed E-state index contributed by atoms with van der Waals surface area (Å²) in [6.45, 7) is 3.84. The van der Waals surface area contributed by atoms with Gasteiger partial charge in [0, 0.05) is 17.7 Å². The van der Waals surface area contributed by atoms with Gasteiger partial charge in [0.15, 0.2) is 5.78 Å². The molecule has 0 saturated heterocycles. The van der Waals surface area contributed by atoms with Gasteiger partial charge in [-0.1, -0.05) is 42.5 Å². The van der Waals surface area contributed by atoms with Crippen LogP contribution < -0.4 is 5.32 Å². The van der Waals surface area contributed by atoms with Gasteiger partial charge in [-0.2, -0.15) is 0 Å². The fourth-order valence-electron chi connectivity index (χ4n) is 2.21. The van der Waals surface area contributed by atoms with Gasteiger partial charge in [0.2, 0.25) is 0 Å². The highest BCUT2D eigenvalue weighted by Gasteiger charge is 2.22. The fourth-order valence-corrected chi connectivity index (χ4v) is 2.21. The molecule has 2 aromatic carbocycles. The van der Waals surface area contributed by atoms with Crippen LogP contribution in [-0.2, 0) is 4.79 Å². The van der Waals surface area contributed by atoms with E-state index < -0.39 is 12.0 Å². The van der Waals surface area contributed by atoms with Crippen molar-refractivity contribution in [1.29, 1.82) is 0 Å². The van der Waals surface area contributed by atoms with Crippen molar-refractivity contribution < 1.29 is 14.7 Å². The van der Waals surface area contributed by atoms with Crippen LogP contribution in [0.25, 0.3) is 0 Å². The Hall–Kier alpha value is -2.62. The number of rotatable bonds is 6. The zero-order chi connectivity index (χ0) is 16.1. The lowest BCUT2D eigenvalue weighted by Gasteiger charge is -2.17. The first-order chi connectivity index (χ1) is 10.5. The van der Waals surface area contributed by atoms with Crippen LogP contribution in [0.1, 0.15) is 27.9 Å². The first-order valence-corrected chi connectivity index (χ1v) is 7.12. The van der Waals surface area contributed by atoms with E-state index in [-0.39, 0.29) is 12.2 Å². The Labute approximate surface area is 129 Å². The Bertz CT molecular complexity index is 680. The van der Waals surface area contributed by atoms with Crippen molar-refractivity contribution in [3.63, 3.8) is 0 Å². The van der Waals surface area contributed by atoms with Gasteiger partial charge >= 0.3 is 5.97 Å². The Balaban J connectivity index is 2.15.